The Balaban J connectivity index is 1.47. The van der Waals surface area contributed by atoms with Crippen molar-refractivity contribution >= 4 is 36.5 Å². The molecule has 2 aliphatic heterocycles. The van der Waals surface area contributed by atoms with Gasteiger partial charge < -0.3 is 19.5 Å². The molecule has 2 aliphatic rings. The highest BCUT2D eigenvalue weighted by molar-refractivity contribution is 6.02. The van der Waals surface area contributed by atoms with Gasteiger partial charge in [-0.3, -0.25) is 29.4 Å². The number of carbonyl (C=O) groups excluding carboxylic acids is 5. The van der Waals surface area contributed by atoms with Crippen LogP contribution in [0, 0.1) is 5.92 Å². The van der Waals surface area contributed by atoms with Crippen LogP contribution in [0.25, 0.3) is 0 Å². The zero-order valence-electron chi connectivity index (χ0n) is 23.3. The highest BCUT2D eigenvalue weighted by Crippen LogP contribution is 2.24. The first-order chi connectivity index (χ1) is 18.9. The Labute approximate surface area is 231 Å². The number of hydrogen-bond donors (Lipinski definition) is 1. The summed E-state index contributed by atoms with van der Waals surface area (Å²) in [5.74, 6) is 0.0971. The Morgan fingerprint density at radius 3 is 2.36 bits per heavy atom. The van der Waals surface area contributed by atoms with Crippen molar-refractivity contribution < 1.29 is 24.0 Å². The van der Waals surface area contributed by atoms with Crippen LogP contribution in [0.2, 0.25) is 0 Å². The van der Waals surface area contributed by atoms with Crippen molar-refractivity contribution in [1.82, 2.24) is 20.0 Å². The van der Waals surface area contributed by atoms with Crippen molar-refractivity contribution in [3.63, 3.8) is 0 Å². The lowest BCUT2D eigenvalue weighted by atomic mass is 9.93. The molecule has 0 aromatic heterocycles. The highest BCUT2D eigenvalue weighted by atomic mass is 16.2. The van der Waals surface area contributed by atoms with E-state index in [0.717, 1.165) is 76.5 Å². The second-order valence-corrected chi connectivity index (χ2v) is 10.7. The molecule has 0 saturated carbocycles. The van der Waals surface area contributed by atoms with E-state index in [1.54, 1.807) is 19.2 Å². The van der Waals surface area contributed by atoms with Crippen LogP contribution in [0.4, 0.5) is 5.69 Å². The summed E-state index contributed by atoms with van der Waals surface area (Å²) in [5, 5.41) is 2.10. The van der Waals surface area contributed by atoms with Gasteiger partial charge in [-0.2, -0.15) is 0 Å². The molecule has 1 N–H and O–H groups in total. The number of nitrogens with zero attached hydrogens (tertiary/aromatic N) is 4. The fourth-order valence-corrected chi connectivity index (χ4v) is 5.43. The van der Waals surface area contributed by atoms with E-state index in [4.69, 9.17) is 0 Å². The van der Waals surface area contributed by atoms with E-state index in [1.807, 2.05) is 13.0 Å². The van der Waals surface area contributed by atoms with Gasteiger partial charge in [0.1, 0.15) is 6.29 Å². The Bertz CT molecular complexity index is 986. The first-order valence-electron chi connectivity index (χ1n) is 14.1. The quantitative estimate of drug-likeness (QED) is 0.355. The van der Waals surface area contributed by atoms with E-state index in [1.165, 1.54) is 24.2 Å². The van der Waals surface area contributed by atoms with Crippen molar-refractivity contribution in [1.29, 1.82) is 0 Å². The van der Waals surface area contributed by atoms with Crippen molar-refractivity contribution in [2.45, 2.75) is 51.5 Å². The van der Waals surface area contributed by atoms with E-state index < -0.39 is 0 Å². The molecular formula is C29H43N5O5. The minimum Gasteiger partial charge on any atom is -0.369 e. The van der Waals surface area contributed by atoms with Crippen molar-refractivity contribution in [3.8, 4) is 0 Å². The number of aldehydes is 2. The summed E-state index contributed by atoms with van der Waals surface area (Å²) in [6.45, 7) is 9.68. The third-order valence-electron chi connectivity index (χ3n) is 8.24. The SMILES string of the molecule is CC(CCC(=O)NC=O)N(C)C(=O)c1ccc(N2CCN(CCC3CCN(CCC=O)CC3)CC2)cc1C=O. The molecule has 2 heterocycles. The summed E-state index contributed by atoms with van der Waals surface area (Å²) >= 11 is 0. The van der Waals surface area contributed by atoms with Gasteiger partial charge in [-0.25, -0.2) is 0 Å². The minimum absolute atomic E-state index is 0.130. The monoisotopic (exact) mass is 541 g/mol. The Morgan fingerprint density at radius 2 is 1.72 bits per heavy atom. The van der Waals surface area contributed by atoms with Gasteiger partial charge in [0.05, 0.1) is 5.56 Å². The number of likely N-dealkylation sites (tertiary alicyclic amines) is 1. The van der Waals surface area contributed by atoms with Gasteiger partial charge in [-0.15, -0.1) is 0 Å². The summed E-state index contributed by atoms with van der Waals surface area (Å²) in [6, 6.07) is 5.18. The van der Waals surface area contributed by atoms with Gasteiger partial charge in [-0.1, -0.05) is 0 Å². The maximum atomic E-state index is 13.1. The molecule has 1 aromatic rings. The maximum absolute atomic E-state index is 13.1. The van der Waals surface area contributed by atoms with Crippen LogP contribution >= 0.6 is 0 Å². The van der Waals surface area contributed by atoms with Crippen LogP contribution in [0.1, 0.15) is 66.2 Å². The van der Waals surface area contributed by atoms with Crippen LogP contribution in [0.3, 0.4) is 0 Å². The molecule has 1 unspecified atom stereocenters. The highest BCUT2D eigenvalue weighted by Gasteiger charge is 2.24. The van der Waals surface area contributed by atoms with Crippen LogP contribution in [0.15, 0.2) is 18.2 Å². The molecular weight excluding hydrogens is 498 g/mol. The number of benzene rings is 1. The lowest BCUT2D eigenvalue weighted by Crippen LogP contribution is -2.47. The van der Waals surface area contributed by atoms with E-state index in [0.29, 0.717) is 30.4 Å². The van der Waals surface area contributed by atoms with Gasteiger partial charge in [0.25, 0.3) is 5.91 Å². The van der Waals surface area contributed by atoms with E-state index in [9.17, 15) is 24.0 Å². The summed E-state index contributed by atoms with van der Waals surface area (Å²) in [7, 11) is 1.66. The molecule has 1 aromatic carbocycles. The number of nitrogens with one attached hydrogen (secondary N) is 1. The van der Waals surface area contributed by atoms with Crippen LogP contribution in [-0.2, 0) is 14.4 Å². The fourth-order valence-electron chi connectivity index (χ4n) is 5.43. The van der Waals surface area contributed by atoms with Gasteiger partial charge in [0, 0.05) is 69.9 Å². The lowest BCUT2D eigenvalue weighted by Gasteiger charge is -2.38. The molecule has 10 nitrogen and oxygen atoms in total. The number of piperidine rings is 1. The molecule has 2 saturated heterocycles. The van der Waals surface area contributed by atoms with Gasteiger partial charge in [-0.05, 0) is 76.4 Å². The van der Waals surface area contributed by atoms with Crippen molar-refractivity contribution in [2.24, 2.45) is 5.92 Å². The number of carbonyl (C=O) groups is 5. The number of rotatable bonds is 14. The van der Waals surface area contributed by atoms with Crippen LogP contribution < -0.4 is 10.2 Å². The Kier molecular flexibility index (Phi) is 12.1. The fraction of sp³-hybridized carbons (Fsp3) is 0.621. The van der Waals surface area contributed by atoms with E-state index in [-0.39, 0.29) is 24.3 Å². The summed E-state index contributed by atoms with van der Waals surface area (Å²) in [5.41, 5.74) is 1.64. The first-order valence-corrected chi connectivity index (χ1v) is 14.1. The minimum atomic E-state index is -0.386. The summed E-state index contributed by atoms with van der Waals surface area (Å²) < 4.78 is 0. The second-order valence-electron chi connectivity index (χ2n) is 10.7. The molecule has 0 radical (unpaired) electrons. The first kappa shape index (κ1) is 30.4. The van der Waals surface area contributed by atoms with Crippen molar-refractivity contribution in [3.05, 3.63) is 29.3 Å². The van der Waals surface area contributed by atoms with Gasteiger partial charge in [0.15, 0.2) is 6.29 Å². The summed E-state index contributed by atoms with van der Waals surface area (Å²) in [4.78, 5) is 66.3. The number of hydrogen-bond acceptors (Lipinski definition) is 8. The smallest absolute Gasteiger partial charge is 0.254 e. The predicted octanol–water partition coefficient (Wildman–Crippen LogP) is 1.83. The average molecular weight is 542 g/mol. The maximum Gasteiger partial charge on any atom is 0.254 e. The largest absolute Gasteiger partial charge is 0.369 e. The van der Waals surface area contributed by atoms with Crippen molar-refractivity contribution in [2.75, 3.05) is 64.3 Å². The van der Waals surface area contributed by atoms with E-state index in [2.05, 4.69) is 20.0 Å². The molecule has 0 bridgehead atoms. The van der Waals surface area contributed by atoms with Gasteiger partial charge >= 0.3 is 0 Å². The number of amides is 3. The molecule has 10 heteroatoms. The topological polar surface area (TPSA) is 110 Å². The Morgan fingerprint density at radius 1 is 1.03 bits per heavy atom. The molecule has 39 heavy (non-hydrogen) atoms. The standard InChI is InChI=1S/C29H43N5O5/c1-23(4-7-28(38)30-22-37)31(2)29(39)27-6-5-26(20-25(27)21-36)34-17-15-33(16-18-34)14-10-24-8-12-32(13-9-24)11-3-19-35/h5-6,19-24H,3-4,7-18H2,1-2H3,(H,30,37,38). The second kappa shape index (κ2) is 15.5. The third-order valence-corrected chi connectivity index (χ3v) is 8.24. The molecule has 3 rings (SSSR count). The predicted molar refractivity (Wildman–Crippen MR) is 150 cm³/mol. The normalized spacial score (nSPS) is 17.8. The lowest BCUT2D eigenvalue weighted by molar-refractivity contribution is -0.125. The number of imide groups is 1. The third kappa shape index (κ3) is 8.96. The molecule has 2 fully saturated rings. The number of piperazine rings is 1. The van der Waals surface area contributed by atoms with E-state index >= 15 is 0 Å². The molecule has 0 aliphatic carbocycles. The Hall–Kier alpha value is -3.11. The number of anilines is 1. The molecule has 1 atom stereocenters. The van der Waals surface area contributed by atoms with Crippen LogP contribution in [0.5, 0.6) is 0 Å². The zero-order chi connectivity index (χ0) is 28.2. The average Bonchev–Trinajstić information content (AvgIpc) is 2.97. The molecule has 0 spiro atoms. The molecule has 3 amide bonds. The summed E-state index contributed by atoms with van der Waals surface area (Å²) in [6.07, 6.45) is 6.88. The van der Waals surface area contributed by atoms with Crippen LogP contribution in [-0.4, -0.2) is 111 Å². The molecule has 214 valence electrons. The van der Waals surface area contributed by atoms with Gasteiger partial charge in [0.2, 0.25) is 12.3 Å². The zero-order valence-corrected chi connectivity index (χ0v) is 23.3.